The standard InChI is InChI=1S/C26H28FN5O4.2C2H6/c1-15-9-10-20(19(27)11-15)29-24-22(26(36)30(3)4)23(16(2)25(35)31(24)5)32(14-33)18-8-6-7-17(12-18)13-21(28)34;2*1-2/h6-12,14,29H,13H2,1-5H3,(H2,28,34);2*1-2H3. The molecular formula is C30H40FN5O4. The lowest BCUT2D eigenvalue weighted by Crippen LogP contribution is -2.33. The van der Waals surface area contributed by atoms with Gasteiger partial charge in [-0.15, -0.1) is 0 Å². The van der Waals surface area contributed by atoms with E-state index in [1.165, 1.54) is 49.7 Å². The Balaban J connectivity index is 0.00000191. The van der Waals surface area contributed by atoms with E-state index in [0.717, 1.165) is 4.90 Å². The van der Waals surface area contributed by atoms with Crippen LogP contribution in [-0.4, -0.2) is 41.8 Å². The van der Waals surface area contributed by atoms with E-state index in [0.29, 0.717) is 23.2 Å². The van der Waals surface area contributed by atoms with Gasteiger partial charge in [-0.3, -0.25) is 28.6 Å². The number of nitrogens with one attached hydrogen (secondary N) is 1. The molecule has 0 unspecified atom stereocenters. The molecule has 1 heterocycles. The van der Waals surface area contributed by atoms with Gasteiger partial charge in [-0.1, -0.05) is 45.9 Å². The largest absolute Gasteiger partial charge is 0.369 e. The van der Waals surface area contributed by atoms with Crippen molar-refractivity contribution in [2.75, 3.05) is 24.3 Å². The highest BCUT2D eigenvalue weighted by Crippen LogP contribution is 2.36. The second-order valence-corrected chi connectivity index (χ2v) is 8.66. The fourth-order valence-corrected chi connectivity index (χ4v) is 3.90. The fraction of sp³-hybridized carbons (Fsp3) is 0.333. The molecule has 3 amide bonds. The molecule has 1 aromatic heterocycles. The zero-order chi connectivity index (χ0) is 30.7. The molecule has 3 rings (SSSR count). The number of rotatable bonds is 8. The minimum atomic E-state index is -0.570. The highest BCUT2D eigenvalue weighted by molar-refractivity contribution is 6.08. The zero-order valence-electron chi connectivity index (χ0n) is 24.8. The van der Waals surface area contributed by atoms with Crippen LogP contribution < -0.4 is 21.5 Å². The Labute approximate surface area is 235 Å². The van der Waals surface area contributed by atoms with Crippen molar-refractivity contribution in [2.24, 2.45) is 12.8 Å². The number of nitrogens with two attached hydrogens (primary N) is 1. The summed E-state index contributed by atoms with van der Waals surface area (Å²) in [5, 5.41) is 2.89. The molecule has 216 valence electrons. The van der Waals surface area contributed by atoms with Crippen LogP contribution in [0.5, 0.6) is 0 Å². The quantitative estimate of drug-likeness (QED) is 0.382. The molecule has 0 aliphatic rings. The van der Waals surface area contributed by atoms with Crippen molar-refractivity contribution in [3.63, 3.8) is 0 Å². The van der Waals surface area contributed by atoms with Gasteiger partial charge in [-0.2, -0.15) is 0 Å². The molecule has 0 saturated carbocycles. The molecule has 3 aromatic rings. The number of hydrogen-bond donors (Lipinski definition) is 2. The monoisotopic (exact) mass is 553 g/mol. The SMILES string of the molecule is CC.CC.Cc1ccc(Nc2c(C(=O)N(C)C)c(N(C=O)c3cccc(CC(N)=O)c3)c(C)c(=O)n2C)c(F)c1. The molecule has 0 spiro atoms. The van der Waals surface area contributed by atoms with Crippen molar-refractivity contribution in [3.05, 3.63) is 80.9 Å². The van der Waals surface area contributed by atoms with E-state index in [-0.39, 0.29) is 34.7 Å². The number of nitrogens with zero attached hydrogens (tertiary/aromatic N) is 3. The van der Waals surface area contributed by atoms with Crippen LogP contribution in [0.15, 0.2) is 47.3 Å². The van der Waals surface area contributed by atoms with Gasteiger partial charge in [-0.25, -0.2) is 4.39 Å². The summed E-state index contributed by atoms with van der Waals surface area (Å²) < 4.78 is 15.9. The van der Waals surface area contributed by atoms with Gasteiger partial charge in [0.2, 0.25) is 12.3 Å². The van der Waals surface area contributed by atoms with E-state index in [9.17, 15) is 23.6 Å². The third-order valence-corrected chi connectivity index (χ3v) is 5.70. The molecule has 0 saturated heterocycles. The van der Waals surface area contributed by atoms with E-state index in [1.807, 2.05) is 27.7 Å². The van der Waals surface area contributed by atoms with Gasteiger partial charge in [0, 0.05) is 32.4 Å². The second-order valence-electron chi connectivity index (χ2n) is 8.66. The Kier molecular flexibility index (Phi) is 12.8. The van der Waals surface area contributed by atoms with Crippen molar-refractivity contribution in [2.45, 2.75) is 48.0 Å². The molecule has 9 nitrogen and oxygen atoms in total. The lowest BCUT2D eigenvalue weighted by molar-refractivity contribution is -0.117. The van der Waals surface area contributed by atoms with Crippen LogP contribution in [0.1, 0.15) is 54.7 Å². The summed E-state index contributed by atoms with van der Waals surface area (Å²) in [7, 11) is 4.52. The Bertz CT molecular complexity index is 1420. The molecule has 0 fully saturated rings. The van der Waals surface area contributed by atoms with E-state index >= 15 is 0 Å². The van der Waals surface area contributed by atoms with E-state index in [2.05, 4.69) is 5.32 Å². The Morgan fingerprint density at radius 2 is 1.68 bits per heavy atom. The van der Waals surface area contributed by atoms with Crippen LogP contribution in [0.2, 0.25) is 0 Å². The van der Waals surface area contributed by atoms with E-state index in [1.54, 1.807) is 37.3 Å². The number of carbonyl (C=O) groups is 3. The maximum atomic E-state index is 14.7. The number of carbonyl (C=O) groups excluding carboxylic acids is 3. The fourth-order valence-electron chi connectivity index (χ4n) is 3.90. The van der Waals surface area contributed by atoms with Crippen LogP contribution in [0.3, 0.4) is 0 Å². The number of halogens is 1. The summed E-state index contributed by atoms with van der Waals surface area (Å²) in [6.45, 7) is 11.2. The Morgan fingerprint density at radius 3 is 2.20 bits per heavy atom. The summed E-state index contributed by atoms with van der Waals surface area (Å²) in [6.07, 6.45) is 0.424. The predicted octanol–water partition coefficient (Wildman–Crippen LogP) is 4.96. The summed E-state index contributed by atoms with van der Waals surface area (Å²) >= 11 is 0. The average Bonchev–Trinajstić information content (AvgIpc) is 2.93. The minimum Gasteiger partial charge on any atom is -0.369 e. The van der Waals surface area contributed by atoms with Crippen LogP contribution in [-0.2, 0) is 23.1 Å². The summed E-state index contributed by atoms with van der Waals surface area (Å²) in [4.78, 5) is 53.0. The topological polar surface area (TPSA) is 118 Å². The number of hydrogen-bond acceptors (Lipinski definition) is 5. The van der Waals surface area contributed by atoms with Crippen molar-refractivity contribution >= 4 is 41.1 Å². The van der Waals surface area contributed by atoms with Crippen molar-refractivity contribution in [1.82, 2.24) is 9.47 Å². The number of benzene rings is 2. The summed E-state index contributed by atoms with van der Waals surface area (Å²) in [6, 6.07) is 11.0. The van der Waals surface area contributed by atoms with Crippen LogP contribution >= 0.6 is 0 Å². The Morgan fingerprint density at radius 1 is 1.05 bits per heavy atom. The molecule has 0 radical (unpaired) electrons. The highest BCUT2D eigenvalue weighted by atomic mass is 19.1. The van der Waals surface area contributed by atoms with Gasteiger partial charge >= 0.3 is 0 Å². The normalized spacial score (nSPS) is 9.85. The van der Waals surface area contributed by atoms with Crippen LogP contribution in [0.25, 0.3) is 0 Å². The van der Waals surface area contributed by atoms with Crippen molar-refractivity contribution < 1.29 is 18.8 Å². The third kappa shape index (κ3) is 7.56. The van der Waals surface area contributed by atoms with E-state index in [4.69, 9.17) is 5.73 Å². The molecular weight excluding hydrogens is 513 g/mol. The number of aromatic nitrogens is 1. The number of anilines is 4. The van der Waals surface area contributed by atoms with Gasteiger partial charge in [0.25, 0.3) is 11.5 Å². The van der Waals surface area contributed by atoms with Crippen molar-refractivity contribution in [3.8, 4) is 0 Å². The molecule has 0 atom stereocenters. The number of aryl methyl sites for hydroxylation is 1. The van der Waals surface area contributed by atoms with Crippen LogP contribution in [0.4, 0.5) is 27.3 Å². The predicted molar refractivity (Wildman–Crippen MR) is 159 cm³/mol. The molecule has 3 N–H and O–H groups in total. The molecule has 2 aromatic carbocycles. The zero-order valence-corrected chi connectivity index (χ0v) is 24.8. The summed E-state index contributed by atoms with van der Waals surface area (Å²) in [5.41, 5.74) is 6.61. The number of pyridine rings is 1. The molecule has 0 aliphatic carbocycles. The first-order valence-electron chi connectivity index (χ1n) is 13.1. The van der Waals surface area contributed by atoms with Crippen molar-refractivity contribution in [1.29, 1.82) is 0 Å². The molecule has 10 heteroatoms. The van der Waals surface area contributed by atoms with Gasteiger partial charge in [-0.05, 0) is 49.2 Å². The number of primary amides is 1. The average molecular weight is 554 g/mol. The highest BCUT2D eigenvalue weighted by Gasteiger charge is 2.29. The lowest BCUT2D eigenvalue weighted by atomic mass is 10.0. The second kappa shape index (κ2) is 15.2. The molecule has 40 heavy (non-hydrogen) atoms. The maximum Gasteiger partial charge on any atom is 0.259 e. The maximum absolute atomic E-state index is 14.7. The van der Waals surface area contributed by atoms with Gasteiger partial charge in [0.05, 0.1) is 17.8 Å². The van der Waals surface area contributed by atoms with E-state index < -0.39 is 23.2 Å². The first-order valence-corrected chi connectivity index (χ1v) is 13.1. The van der Waals surface area contributed by atoms with Gasteiger partial charge < -0.3 is 16.0 Å². The molecule has 0 aliphatic heterocycles. The smallest absolute Gasteiger partial charge is 0.259 e. The summed E-state index contributed by atoms with van der Waals surface area (Å²) in [5.74, 6) is -1.62. The minimum absolute atomic E-state index is 0.00743. The third-order valence-electron chi connectivity index (χ3n) is 5.70. The van der Waals surface area contributed by atoms with Gasteiger partial charge in [0.15, 0.2) is 0 Å². The number of amides is 3. The van der Waals surface area contributed by atoms with Crippen LogP contribution in [0, 0.1) is 19.7 Å². The first-order chi connectivity index (χ1) is 19.0. The first kappa shape index (κ1) is 33.6. The lowest BCUT2D eigenvalue weighted by Gasteiger charge is -2.27. The molecule has 0 bridgehead atoms. The Hall–Kier alpha value is -4.47. The van der Waals surface area contributed by atoms with Gasteiger partial charge in [0.1, 0.15) is 17.2 Å².